The molecule has 0 amide bonds. The molecule has 0 saturated carbocycles. The van der Waals surface area contributed by atoms with Crippen LogP contribution in [0.2, 0.25) is 0 Å². The average Bonchev–Trinajstić information content (AvgIpc) is 3.36. The number of methoxy groups -OCH3 is 1. The largest absolute Gasteiger partial charge is 0.439 e. The van der Waals surface area contributed by atoms with Gasteiger partial charge in [0.2, 0.25) is 11.8 Å². The van der Waals surface area contributed by atoms with E-state index >= 15 is 0 Å². The molecule has 26 heavy (non-hydrogen) atoms. The predicted octanol–water partition coefficient (Wildman–Crippen LogP) is 3.13. The fraction of sp³-hybridized carbons (Fsp3) is 0.389. The zero-order valence-electron chi connectivity index (χ0n) is 14.6. The highest BCUT2D eigenvalue weighted by Gasteiger charge is 2.37. The molecule has 1 aromatic carbocycles. The summed E-state index contributed by atoms with van der Waals surface area (Å²) in [4.78, 5) is 10.9. The minimum atomic E-state index is -0.283. The summed E-state index contributed by atoms with van der Waals surface area (Å²) >= 11 is 0. The van der Waals surface area contributed by atoms with Crippen molar-refractivity contribution >= 4 is 0 Å². The lowest BCUT2D eigenvalue weighted by Crippen LogP contribution is -2.25. The van der Waals surface area contributed by atoms with Gasteiger partial charge in [0, 0.05) is 19.2 Å². The number of oxazole rings is 1. The quantitative estimate of drug-likeness (QED) is 0.693. The first kappa shape index (κ1) is 16.9. The van der Waals surface area contributed by atoms with Crippen LogP contribution in [0.1, 0.15) is 30.1 Å². The summed E-state index contributed by atoms with van der Waals surface area (Å²) in [7, 11) is 1.70. The molecule has 4 rings (SSSR count). The highest BCUT2D eigenvalue weighted by Crippen LogP contribution is 2.34. The highest BCUT2D eigenvalue weighted by atomic mass is 19.1. The van der Waals surface area contributed by atoms with Gasteiger partial charge in [-0.15, -0.1) is 0 Å². The fourth-order valence-electron chi connectivity index (χ4n) is 3.22. The first-order valence-electron chi connectivity index (χ1n) is 8.40. The maximum atomic E-state index is 13.1. The van der Waals surface area contributed by atoms with Crippen LogP contribution in [0.3, 0.4) is 0 Å². The van der Waals surface area contributed by atoms with E-state index in [2.05, 4.69) is 20.0 Å². The van der Waals surface area contributed by atoms with Gasteiger partial charge in [-0.2, -0.15) is 4.98 Å². The first-order valence-corrected chi connectivity index (χ1v) is 8.40. The molecule has 3 heterocycles. The van der Waals surface area contributed by atoms with E-state index in [1.54, 1.807) is 32.4 Å². The summed E-state index contributed by atoms with van der Waals surface area (Å²) < 4.78 is 29.8. The van der Waals surface area contributed by atoms with Crippen LogP contribution in [-0.2, 0) is 11.3 Å². The van der Waals surface area contributed by atoms with Crippen molar-refractivity contribution in [1.29, 1.82) is 0 Å². The van der Waals surface area contributed by atoms with Gasteiger partial charge in [-0.25, -0.2) is 9.37 Å². The number of aromatic nitrogens is 3. The Labute approximate surface area is 149 Å². The number of likely N-dealkylation sites (tertiary alicyclic amines) is 1. The second kappa shape index (κ2) is 6.97. The number of nitrogens with zero attached hydrogens (tertiary/aromatic N) is 4. The molecule has 0 N–H and O–H groups in total. The number of halogens is 1. The van der Waals surface area contributed by atoms with E-state index in [9.17, 15) is 4.39 Å². The van der Waals surface area contributed by atoms with Crippen LogP contribution in [0.25, 0.3) is 11.3 Å². The van der Waals surface area contributed by atoms with Crippen molar-refractivity contribution in [3.05, 3.63) is 53.9 Å². The average molecular weight is 358 g/mol. The van der Waals surface area contributed by atoms with Crippen molar-refractivity contribution in [3.8, 4) is 11.3 Å². The Bertz CT molecular complexity index is 877. The SMILES string of the molecule is CO[C@H]1C[C@H](c2nc(C)no2)N(Cc2ncc(-c3ccc(F)cc3)o2)C1. The molecule has 1 aliphatic rings. The van der Waals surface area contributed by atoms with Crippen molar-refractivity contribution in [2.24, 2.45) is 0 Å². The van der Waals surface area contributed by atoms with Gasteiger partial charge in [0.25, 0.3) is 0 Å². The molecular formula is C18H19FN4O3. The number of hydrogen-bond acceptors (Lipinski definition) is 7. The Hall–Kier alpha value is -2.58. The highest BCUT2D eigenvalue weighted by molar-refractivity contribution is 5.55. The molecule has 8 heteroatoms. The molecule has 0 aliphatic carbocycles. The van der Waals surface area contributed by atoms with Crippen LogP contribution in [-0.4, -0.2) is 39.8 Å². The van der Waals surface area contributed by atoms with Gasteiger partial charge in [-0.1, -0.05) is 5.16 Å². The maximum Gasteiger partial charge on any atom is 0.244 e. The van der Waals surface area contributed by atoms with E-state index in [0.29, 0.717) is 29.9 Å². The number of rotatable bonds is 5. The molecule has 2 atom stereocenters. The molecule has 7 nitrogen and oxygen atoms in total. The topological polar surface area (TPSA) is 77.4 Å². The van der Waals surface area contributed by atoms with Crippen LogP contribution < -0.4 is 0 Å². The number of aryl methyl sites for hydroxylation is 1. The smallest absolute Gasteiger partial charge is 0.244 e. The van der Waals surface area contributed by atoms with E-state index in [1.807, 2.05) is 0 Å². The lowest BCUT2D eigenvalue weighted by Gasteiger charge is -2.19. The molecule has 3 aromatic rings. The third kappa shape index (κ3) is 3.38. The molecule has 136 valence electrons. The standard InChI is InChI=1S/C18H19FN4O3/c1-11-21-18(26-22-11)15-7-14(24-2)9-23(15)10-17-20-8-16(25-17)12-3-5-13(19)6-4-12/h3-6,8,14-15H,7,9-10H2,1-2H3/t14-,15+/m0/s1. The summed E-state index contributed by atoms with van der Waals surface area (Å²) in [6.07, 6.45) is 2.50. The van der Waals surface area contributed by atoms with Gasteiger partial charge in [-0.05, 0) is 37.6 Å². The predicted molar refractivity (Wildman–Crippen MR) is 89.5 cm³/mol. The van der Waals surface area contributed by atoms with Crippen molar-refractivity contribution < 1.29 is 18.1 Å². The van der Waals surface area contributed by atoms with E-state index in [1.165, 1.54) is 12.1 Å². The van der Waals surface area contributed by atoms with E-state index in [4.69, 9.17) is 13.7 Å². The Kier molecular flexibility index (Phi) is 4.52. The molecule has 0 unspecified atom stereocenters. The van der Waals surface area contributed by atoms with Crippen LogP contribution in [0.5, 0.6) is 0 Å². The van der Waals surface area contributed by atoms with Gasteiger partial charge in [0.15, 0.2) is 11.6 Å². The molecule has 0 bridgehead atoms. The minimum absolute atomic E-state index is 0.0395. The minimum Gasteiger partial charge on any atom is -0.439 e. The molecule has 1 saturated heterocycles. The van der Waals surface area contributed by atoms with Gasteiger partial charge < -0.3 is 13.7 Å². The Morgan fingerprint density at radius 2 is 2.12 bits per heavy atom. The molecule has 1 aliphatic heterocycles. The van der Waals surface area contributed by atoms with Crippen molar-refractivity contribution in [1.82, 2.24) is 20.0 Å². The van der Waals surface area contributed by atoms with Gasteiger partial charge in [0.1, 0.15) is 5.82 Å². The molecule has 0 spiro atoms. The molecular weight excluding hydrogens is 339 g/mol. The molecule has 1 fully saturated rings. The third-order valence-corrected chi connectivity index (χ3v) is 4.55. The maximum absolute atomic E-state index is 13.1. The van der Waals surface area contributed by atoms with Crippen molar-refractivity contribution in [2.45, 2.75) is 32.0 Å². The Balaban J connectivity index is 1.52. The lowest BCUT2D eigenvalue weighted by atomic mass is 10.2. The van der Waals surface area contributed by atoms with E-state index in [0.717, 1.165) is 18.5 Å². The fourth-order valence-corrected chi connectivity index (χ4v) is 3.22. The Morgan fingerprint density at radius 3 is 2.81 bits per heavy atom. The summed E-state index contributed by atoms with van der Waals surface area (Å²) in [6.45, 7) is 3.01. The van der Waals surface area contributed by atoms with E-state index in [-0.39, 0.29) is 18.0 Å². The Morgan fingerprint density at radius 1 is 1.31 bits per heavy atom. The summed E-state index contributed by atoms with van der Waals surface area (Å²) in [5.41, 5.74) is 0.783. The van der Waals surface area contributed by atoms with Crippen molar-refractivity contribution in [3.63, 3.8) is 0 Å². The zero-order chi connectivity index (χ0) is 18.1. The zero-order valence-corrected chi connectivity index (χ0v) is 14.6. The molecule has 2 aromatic heterocycles. The van der Waals surface area contributed by atoms with Gasteiger partial charge in [0.05, 0.1) is 24.9 Å². The normalized spacial score (nSPS) is 20.7. The summed E-state index contributed by atoms with van der Waals surface area (Å²) in [5.74, 6) is 2.08. The van der Waals surface area contributed by atoms with Crippen LogP contribution in [0.15, 0.2) is 39.4 Å². The first-order chi connectivity index (χ1) is 12.6. The second-order valence-corrected chi connectivity index (χ2v) is 6.34. The summed E-state index contributed by atoms with van der Waals surface area (Å²) in [6, 6.07) is 6.09. The third-order valence-electron chi connectivity index (χ3n) is 4.55. The number of hydrogen-bond donors (Lipinski definition) is 0. The monoisotopic (exact) mass is 358 g/mol. The van der Waals surface area contributed by atoms with E-state index < -0.39 is 0 Å². The van der Waals surface area contributed by atoms with Gasteiger partial charge >= 0.3 is 0 Å². The van der Waals surface area contributed by atoms with Gasteiger partial charge in [-0.3, -0.25) is 4.90 Å². The second-order valence-electron chi connectivity index (χ2n) is 6.34. The van der Waals surface area contributed by atoms with Crippen molar-refractivity contribution in [2.75, 3.05) is 13.7 Å². The van der Waals surface area contributed by atoms with Crippen LogP contribution >= 0.6 is 0 Å². The number of benzene rings is 1. The summed E-state index contributed by atoms with van der Waals surface area (Å²) in [5, 5.41) is 3.88. The van der Waals surface area contributed by atoms with Crippen LogP contribution in [0.4, 0.5) is 4.39 Å². The molecule has 0 radical (unpaired) electrons. The lowest BCUT2D eigenvalue weighted by molar-refractivity contribution is 0.106. The van der Waals surface area contributed by atoms with Crippen LogP contribution in [0, 0.1) is 12.7 Å². The number of ether oxygens (including phenoxy) is 1.